The molecule has 1 fully saturated rings. The van der Waals surface area contributed by atoms with E-state index in [2.05, 4.69) is 20.9 Å². The number of thiazole rings is 1. The maximum Gasteiger partial charge on any atom is 0.315 e. The van der Waals surface area contributed by atoms with Gasteiger partial charge in [-0.15, -0.1) is 11.3 Å². The van der Waals surface area contributed by atoms with Crippen LogP contribution in [0.5, 0.6) is 0 Å². The molecule has 1 atom stereocenters. The molecule has 1 unspecified atom stereocenters. The van der Waals surface area contributed by atoms with E-state index in [4.69, 9.17) is 0 Å². The SMILES string of the molecule is Cc1sc(NC(=O)C2CNC(=O)N2)nc1-c1ccc(F)cc1. The maximum atomic E-state index is 13.0. The van der Waals surface area contributed by atoms with Gasteiger partial charge in [0, 0.05) is 17.0 Å². The van der Waals surface area contributed by atoms with Crippen molar-refractivity contribution in [2.24, 2.45) is 0 Å². The van der Waals surface area contributed by atoms with E-state index in [1.165, 1.54) is 23.5 Å². The molecule has 22 heavy (non-hydrogen) atoms. The highest BCUT2D eigenvalue weighted by atomic mass is 32.1. The van der Waals surface area contributed by atoms with Crippen LogP contribution in [0.3, 0.4) is 0 Å². The molecule has 0 bridgehead atoms. The van der Waals surface area contributed by atoms with Crippen LogP contribution < -0.4 is 16.0 Å². The Bertz CT molecular complexity index is 729. The Labute approximate surface area is 129 Å². The summed E-state index contributed by atoms with van der Waals surface area (Å²) < 4.78 is 13.0. The summed E-state index contributed by atoms with van der Waals surface area (Å²) in [6, 6.07) is 5.06. The van der Waals surface area contributed by atoms with Crippen LogP contribution in [0, 0.1) is 12.7 Å². The van der Waals surface area contributed by atoms with Crippen molar-refractivity contribution >= 4 is 28.4 Å². The minimum atomic E-state index is -0.606. The molecule has 8 heteroatoms. The molecule has 0 saturated carbocycles. The van der Waals surface area contributed by atoms with Gasteiger partial charge in [0.15, 0.2) is 5.13 Å². The number of rotatable bonds is 3. The molecule has 1 aromatic carbocycles. The van der Waals surface area contributed by atoms with Gasteiger partial charge >= 0.3 is 6.03 Å². The van der Waals surface area contributed by atoms with Crippen molar-refractivity contribution in [1.82, 2.24) is 15.6 Å². The number of carbonyl (C=O) groups excluding carboxylic acids is 2. The summed E-state index contributed by atoms with van der Waals surface area (Å²) in [6.45, 7) is 2.13. The molecule has 0 spiro atoms. The Morgan fingerprint density at radius 1 is 1.41 bits per heavy atom. The minimum absolute atomic E-state index is 0.250. The van der Waals surface area contributed by atoms with Crippen LogP contribution >= 0.6 is 11.3 Å². The van der Waals surface area contributed by atoms with Gasteiger partial charge in [-0.3, -0.25) is 4.79 Å². The quantitative estimate of drug-likeness (QED) is 0.807. The fourth-order valence-corrected chi connectivity index (χ4v) is 2.97. The van der Waals surface area contributed by atoms with Crippen LogP contribution in [0.25, 0.3) is 11.3 Å². The van der Waals surface area contributed by atoms with Gasteiger partial charge in [0.1, 0.15) is 11.9 Å². The summed E-state index contributed by atoms with van der Waals surface area (Å²) in [4.78, 5) is 28.3. The van der Waals surface area contributed by atoms with Crippen molar-refractivity contribution in [1.29, 1.82) is 0 Å². The van der Waals surface area contributed by atoms with Crippen LogP contribution in [-0.2, 0) is 4.79 Å². The number of benzene rings is 1. The first-order valence-corrected chi connectivity index (χ1v) is 7.43. The standard InChI is InChI=1S/C14H13FN4O2S/c1-7-11(8-2-4-9(15)5-3-8)18-14(22-7)19-12(20)10-6-16-13(21)17-10/h2-5,10H,6H2,1H3,(H2,16,17,21)(H,18,19,20). The van der Waals surface area contributed by atoms with Gasteiger partial charge in [0.2, 0.25) is 0 Å². The number of amides is 3. The average Bonchev–Trinajstić information content (AvgIpc) is 3.06. The van der Waals surface area contributed by atoms with Crippen molar-refractivity contribution in [3.05, 3.63) is 35.0 Å². The van der Waals surface area contributed by atoms with Crippen LogP contribution in [0.15, 0.2) is 24.3 Å². The smallest absolute Gasteiger partial charge is 0.315 e. The molecule has 2 aromatic rings. The van der Waals surface area contributed by atoms with Gasteiger partial charge in [-0.2, -0.15) is 0 Å². The molecule has 3 amide bonds. The van der Waals surface area contributed by atoms with E-state index in [9.17, 15) is 14.0 Å². The second-order valence-corrected chi connectivity index (χ2v) is 6.03. The molecule has 6 nitrogen and oxygen atoms in total. The van der Waals surface area contributed by atoms with Crippen molar-refractivity contribution in [3.8, 4) is 11.3 Å². The summed E-state index contributed by atoms with van der Waals surface area (Å²) in [5, 5.41) is 8.16. The van der Waals surface area contributed by atoms with E-state index in [1.54, 1.807) is 12.1 Å². The lowest BCUT2D eigenvalue weighted by molar-refractivity contribution is -0.117. The first-order valence-electron chi connectivity index (χ1n) is 6.61. The summed E-state index contributed by atoms with van der Waals surface area (Å²) in [6.07, 6.45) is 0. The molecule has 1 aliphatic rings. The van der Waals surface area contributed by atoms with Crippen molar-refractivity contribution in [2.45, 2.75) is 13.0 Å². The zero-order chi connectivity index (χ0) is 15.7. The largest absolute Gasteiger partial charge is 0.336 e. The van der Waals surface area contributed by atoms with Crippen LogP contribution in [-0.4, -0.2) is 29.5 Å². The predicted octanol–water partition coefficient (Wildman–Crippen LogP) is 1.88. The molecule has 3 N–H and O–H groups in total. The number of aromatic nitrogens is 1. The molecular weight excluding hydrogens is 307 g/mol. The Hall–Kier alpha value is -2.48. The van der Waals surface area contributed by atoms with Crippen molar-refractivity contribution in [3.63, 3.8) is 0 Å². The number of anilines is 1. The van der Waals surface area contributed by atoms with Gasteiger partial charge in [-0.05, 0) is 31.2 Å². The van der Waals surface area contributed by atoms with Crippen molar-refractivity contribution < 1.29 is 14.0 Å². The number of urea groups is 1. The van der Waals surface area contributed by atoms with Crippen molar-refractivity contribution in [2.75, 3.05) is 11.9 Å². The van der Waals surface area contributed by atoms with Gasteiger partial charge in [0.05, 0.1) is 5.69 Å². The fraction of sp³-hybridized carbons (Fsp3) is 0.214. The first kappa shape index (κ1) is 14.5. The molecule has 114 valence electrons. The molecule has 1 aromatic heterocycles. The van der Waals surface area contributed by atoms with Crippen LogP contribution in [0.4, 0.5) is 14.3 Å². The first-order chi connectivity index (χ1) is 10.5. The zero-order valence-corrected chi connectivity index (χ0v) is 12.5. The number of nitrogens with one attached hydrogen (secondary N) is 3. The summed E-state index contributed by atoms with van der Waals surface area (Å²) in [7, 11) is 0. The van der Waals surface area contributed by atoms with E-state index < -0.39 is 6.04 Å². The number of hydrogen-bond donors (Lipinski definition) is 3. The maximum absolute atomic E-state index is 13.0. The van der Waals surface area contributed by atoms with E-state index in [1.807, 2.05) is 6.92 Å². The minimum Gasteiger partial charge on any atom is -0.336 e. The molecule has 0 radical (unpaired) electrons. The second kappa shape index (κ2) is 5.72. The number of hydrogen-bond acceptors (Lipinski definition) is 4. The highest BCUT2D eigenvalue weighted by Gasteiger charge is 2.27. The van der Waals surface area contributed by atoms with E-state index in [0.29, 0.717) is 10.8 Å². The number of halogens is 1. The Kier molecular flexibility index (Phi) is 3.76. The Balaban J connectivity index is 1.76. The molecule has 2 heterocycles. The average molecular weight is 320 g/mol. The Morgan fingerprint density at radius 3 is 2.77 bits per heavy atom. The van der Waals surface area contributed by atoms with Gasteiger partial charge < -0.3 is 16.0 Å². The number of nitrogens with zero attached hydrogens (tertiary/aromatic N) is 1. The number of aryl methyl sites for hydroxylation is 1. The lowest BCUT2D eigenvalue weighted by atomic mass is 10.1. The predicted molar refractivity (Wildman–Crippen MR) is 81.2 cm³/mol. The highest BCUT2D eigenvalue weighted by molar-refractivity contribution is 7.16. The fourth-order valence-electron chi connectivity index (χ4n) is 2.13. The molecule has 0 aliphatic carbocycles. The molecule has 3 rings (SSSR count). The Morgan fingerprint density at radius 2 is 2.14 bits per heavy atom. The lowest BCUT2D eigenvalue weighted by Crippen LogP contribution is -2.38. The second-order valence-electron chi connectivity index (χ2n) is 4.83. The topological polar surface area (TPSA) is 83.1 Å². The zero-order valence-electron chi connectivity index (χ0n) is 11.6. The summed E-state index contributed by atoms with van der Waals surface area (Å²) in [5.41, 5.74) is 1.49. The lowest BCUT2D eigenvalue weighted by Gasteiger charge is -2.06. The molecule has 1 saturated heterocycles. The third kappa shape index (κ3) is 2.91. The third-order valence-electron chi connectivity index (χ3n) is 3.23. The van der Waals surface area contributed by atoms with Gasteiger partial charge in [-0.1, -0.05) is 0 Å². The normalized spacial score (nSPS) is 17.0. The van der Waals surface area contributed by atoms with E-state index in [-0.39, 0.29) is 24.3 Å². The van der Waals surface area contributed by atoms with E-state index >= 15 is 0 Å². The third-order valence-corrected chi connectivity index (χ3v) is 4.12. The molecule has 1 aliphatic heterocycles. The monoisotopic (exact) mass is 320 g/mol. The molecular formula is C14H13FN4O2S. The summed E-state index contributed by atoms with van der Waals surface area (Å²) >= 11 is 1.33. The van der Waals surface area contributed by atoms with E-state index in [0.717, 1.165) is 10.4 Å². The summed E-state index contributed by atoms with van der Waals surface area (Å²) in [5.74, 6) is -0.632. The highest BCUT2D eigenvalue weighted by Crippen LogP contribution is 2.30. The van der Waals surface area contributed by atoms with Crippen LogP contribution in [0.2, 0.25) is 0 Å². The van der Waals surface area contributed by atoms with Gasteiger partial charge in [0.25, 0.3) is 5.91 Å². The van der Waals surface area contributed by atoms with Gasteiger partial charge in [-0.25, -0.2) is 14.2 Å². The van der Waals surface area contributed by atoms with Crippen LogP contribution in [0.1, 0.15) is 4.88 Å². The number of carbonyl (C=O) groups is 2.